The number of nitrogens with one attached hydrogen (secondary N) is 1. The SMILES string of the molecule is C[C@@H](NC(=O)COC(=O)CCN1C(=O)c2ccccc2C1=O)C1CC1. The molecular weight excluding hydrogens is 324 g/mol. The van der Waals surface area contributed by atoms with Gasteiger partial charge in [-0.1, -0.05) is 12.1 Å². The molecule has 1 N–H and O–H groups in total. The van der Waals surface area contributed by atoms with Crippen LogP contribution in [0.3, 0.4) is 0 Å². The lowest BCUT2D eigenvalue weighted by atomic mass is 10.1. The standard InChI is InChI=1S/C18H20N2O5/c1-11(12-6-7-12)19-15(21)10-25-16(22)8-9-20-17(23)13-4-2-3-5-14(13)18(20)24/h2-5,11-12H,6-10H2,1H3,(H,19,21)/t11-/m1/s1. The second kappa shape index (κ2) is 7.04. The third-order valence-electron chi connectivity index (χ3n) is 4.50. The average molecular weight is 344 g/mol. The first-order valence-electron chi connectivity index (χ1n) is 8.37. The second-order valence-electron chi connectivity index (χ2n) is 6.41. The molecule has 1 saturated carbocycles. The molecular formula is C18H20N2O5. The van der Waals surface area contributed by atoms with Crippen molar-refractivity contribution in [2.24, 2.45) is 5.92 Å². The molecule has 0 saturated heterocycles. The van der Waals surface area contributed by atoms with Crippen LogP contribution in [0.5, 0.6) is 0 Å². The van der Waals surface area contributed by atoms with E-state index in [0.717, 1.165) is 17.7 Å². The molecule has 3 rings (SSSR count). The molecule has 1 aliphatic heterocycles. The van der Waals surface area contributed by atoms with Gasteiger partial charge in [-0.25, -0.2) is 0 Å². The number of esters is 1. The largest absolute Gasteiger partial charge is 0.456 e. The Balaban J connectivity index is 1.43. The smallest absolute Gasteiger partial charge is 0.308 e. The Bertz CT molecular complexity index is 691. The Kier molecular flexibility index (Phi) is 4.83. The number of carbonyl (C=O) groups excluding carboxylic acids is 4. The highest BCUT2D eigenvalue weighted by Gasteiger charge is 2.35. The van der Waals surface area contributed by atoms with Crippen molar-refractivity contribution in [3.05, 3.63) is 35.4 Å². The van der Waals surface area contributed by atoms with Crippen molar-refractivity contribution < 1.29 is 23.9 Å². The van der Waals surface area contributed by atoms with E-state index in [2.05, 4.69) is 5.32 Å². The van der Waals surface area contributed by atoms with E-state index in [-0.39, 0.29) is 31.5 Å². The highest BCUT2D eigenvalue weighted by molar-refractivity contribution is 6.21. The lowest BCUT2D eigenvalue weighted by Crippen LogP contribution is -2.37. The van der Waals surface area contributed by atoms with Gasteiger partial charge in [0, 0.05) is 12.6 Å². The quantitative estimate of drug-likeness (QED) is 0.591. The normalized spacial score (nSPS) is 17.2. The summed E-state index contributed by atoms with van der Waals surface area (Å²) in [6.07, 6.45) is 2.08. The number of fused-ring (bicyclic) bond motifs is 1. The first-order valence-corrected chi connectivity index (χ1v) is 8.37. The fourth-order valence-electron chi connectivity index (χ4n) is 2.87. The summed E-state index contributed by atoms with van der Waals surface area (Å²) in [5.41, 5.74) is 0.684. The van der Waals surface area contributed by atoms with Crippen LogP contribution in [-0.4, -0.2) is 47.8 Å². The van der Waals surface area contributed by atoms with E-state index in [9.17, 15) is 19.2 Å². The van der Waals surface area contributed by atoms with Gasteiger partial charge in [0.2, 0.25) is 0 Å². The minimum Gasteiger partial charge on any atom is -0.456 e. The van der Waals surface area contributed by atoms with Gasteiger partial charge < -0.3 is 10.1 Å². The van der Waals surface area contributed by atoms with E-state index < -0.39 is 17.8 Å². The van der Waals surface area contributed by atoms with Gasteiger partial charge in [0.05, 0.1) is 17.5 Å². The Hall–Kier alpha value is -2.70. The van der Waals surface area contributed by atoms with Crippen molar-refractivity contribution in [3.8, 4) is 0 Å². The number of ether oxygens (including phenoxy) is 1. The second-order valence-corrected chi connectivity index (χ2v) is 6.41. The van der Waals surface area contributed by atoms with Crippen LogP contribution in [0.15, 0.2) is 24.3 Å². The number of hydrogen-bond donors (Lipinski definition) is 1. The van der Waals surface area contributed by atoms with E-state index in [1.54, 1.807) is 24.3 Å². The van der Waals surface area contributed by atoms with Crippen LogP contribution in [0.1, 0.15) is 46.9 Å². The molecule has 132 valence electrons. The number of benzene rings is 1. The number of nitrogens with zero attached hydrogens (tertiary/aromatic N) is 1. The molecule has 1 heterocycles. The Morgan fingerprint density at radius 3 is 2.36 bits per heavy atom. The van der Waals surface area contributed by atoms with Crippen LogP contribution in [-0.2, 0) is 14.3 Å². The Morgan fingerprint density at radius 1 is 1.20 bits per heavy atom. The minimum absolute atomic E-state index is 0.0642. The van der Waals surface area contributed by atoms with E-state index in [1.165, 1.54) is 0 Å². The Labute approximate surface area is 145 Å². The van der Waals surface area contributed by atoms with Crippen molar-refractivity contribution in [1.29, 1.82) is 0 Å². The van der Waals surface area contributed by atoms with Gasteiger partial charge in [-0.2, -0.15) is 0 Å². The number of rotatable bonds is 7. The van der Waals surface area contributed by atoms with Gasteiger partial charge in [-0.05, 0) is 37.8 Å². The summed E-state index contributed by atoms with van der Waals surface area (Å²) in [4.78, 5) is 48.8. The molecule has 2 aliphatic rings. The summed E-state index contributed by atoms with van der Waals surface area (Å²) >= 11 is 0. The number of carbonyl (C=O) groups is 4. The van der Waals surface area contributed by atoms with Gasteiger partial charge >= 0.3 is 5.97 Å². The van der Waals surface area contributed by atoms with Crippen molar-refractivity contribution in [1.82, 2.24) is 10.2 Å². The highest BCUT2D eigenvalue weighted by atomic mass is 16.5. The molecule has 25 heavy (non-hydrogen) atoms. The van der Waals surface area contributed by atoms with Gasteiger partial charge in [0.1, 0.15) is 0 Å². The first kappa shape index (κ1) is 17.1. The number of amides is 3. The molecule has 3 amide bonds. The van der Waals surface area contributed by atoms with Gasteiger partial charge in [-0.15, -0.1) is 0 Å². The fraction of sp³-hybridized carbons (Fsp3) is 0.444. The summed E-state index contributed by atoms with van der Waals surface area (Å²) in [5, 5.41) is 2.79. The molecule has 0 radical (unpaired) electrons. The Morgan fingerprint density at radius 2 is 1.80 bits per heavy atom. The average Bonchev–Trinajstić information content (AvgIpc) is 3.41. The van der Waals surface area contributed by atoms with Crippen molar-refractivity contribution in [2.75, 3.05) is 13.2 Å². The minimum atomic E-state index is -0.620. The molecule has 7 heteroatoms. The number of hydrogen-bond acceptors (Lipinski definition) is 5. The lowest BCUT2D eigenvalue weighted by molar-refractivity contribution is -0.148. The summed E-state index contributed by atoms with van der Waals surface area (Å²) in [6.45, 7) is 1.52. The first-order chi connectivity index (χ1) is 12.0. The molecule has 1 aromatic carbocycles. The number of imide groups is 1. The van der Waals surface area contributed by atoms with E-state index in [1.807, 2.05) is 6.92 Å². The predicted molar refractivity (Wildman–Crippen MR) is 87.7 cm³/mol. The molecule has 0 unspecified atom stereocenters. The maximum absolute atomic E-state index is 12.2. The molecule has 0 aromatic heterocycles. The zero-order valence-corrected chi connectivity index (χ0v) is 14.0. The summed E-state index contributed by atoms with van der Waals surface area (Å²) in [5.74, 6) is -1.26. The van der Waals surface area contributed by atoms with Crippen molar-refractivity contribution in [3.63, 3.8) is 0 Å². The molecule has 1 aliphatic carbocycles. The summed E-state index contributed by atoms with van der Waals surface area (Å²) in [7, 11) is 0. The maximum Gasteiger partial charge on any atom is 0.308 e. The highest BCUT2D eigenvalue weighted by Crippen LogP contribution is 2.32. The van der Waals surface area contributed by atoms with Crippen LogP contribution >= 0.6 is 0 Å². The monoisotopic (exact) mass is 344 g/mol. The zero-order valence-electron chi connectivity index (χ0n) is 14.0. The summed E-state index contributed by atoms with van der Waals surface area (Å²) in [6, 6.07) is 6.62. The molecule has 0 bridgehead atoms. The van der Waals surface area contributed by atoms with E-state index in [4.69, 9.17) is 4.74 Å². The van der Waals surface area contributed by atoms with Crippen LogP contribution in [0.4, 0.5) is 0 Å². The molecule has 1 atom stereocenters. The lowest BCUT2D eigenvalue weighted by Gasteiger charge is -2.14. The predicted octanol–water partition coefficient (Wildman–Crippen LogP) is 1.13. The van der Waals surface area contributed by atoms with Crippen molar-refractivity contribution >= 4 is 23.7 Å². The molecule has 0 spiro atoms. The van der Waals surface area contributed by atoms with Crippen LogP contribution in [0, 0.1) is 5.92 Å². The van der Waals surface area contributed by atoms with Crippen LogP contribution < -0.4 is 5.32 Å². The summed E-state index contributed by atoms with van der Waals surface area (Å²) < 4.78 is 4.91. The topological polar surface area (TPSA) is 92.8 Å². The van der Waals surface area contributed by atoms with Crippen LogP contribution in [0.2, 0.25) is 0 Å². The molecule has 1 fully saturated rings. The third-order valence-corrected chi connectivity index (χ3v) is 4.50. The fourth-order valence-corrected chi connectivity index (χ4v) is 2.87. The van der Waals surface area contributed by atoms with E-state index in [0.29, 0.717) is 17.0 Å². The molecule has 7 nitrogen and oxygen atoms in total. The molecule has 1 aromatic rings. The maximum atomic E-state index is 12.2. The third kappa shape index (κ3) is 3.87. The van der Waals surface area contributed by atoms with Gasteiger partial charge in [-0.3, -0.25) is 24.1 Å². The zero-order chi connectivity index (χ0) is 18.0. The van der Waals surface area contributed by atoms with Crippen LogP contribution in [0.25, 0.3) is 0 Å². The van der Waals surface area contributed by atoms with Gasteiger partial charge in [0.25, 0.3) is 17.7 Å². The van der Waals surface area contributed by atoms with E-state index >= 15 is 0 Å². The van der Waals surface area contributed by atoms with Gasteiger partial charge in [0.15, 0.2) is 6.61 Å². The van der Waals surface area contributed by atoms with Crippen molar-refractivity contribution in [2.45, 2.75) is 32.2 Å².